The van der Waals surface area contributed by atoms with E-state index in [9.17, 15) is 10.2 Å². The van der Waals surface area contributed by atoms with Gasteiger partial charge in [-0.3, -0.25) is 0 Å². The standard InChI is InChI=1S/C16H23ClO3/c1-11(18)13-6-7-16(15(17)9-13)20-10-14(19)8-12-4-2-3-5-12/h6-7,9,11-12,14,18-19H,2-5,8,10H2,1H3/t11-,14?/m1/s1. The SMILES string of the molecule is C[C@@H](O)c1ccc(OCC(O)CC2CCCC2)c(Cl)c1. The van der Waals surface area contributed by atoms with E-state index in [-0.39, 0.29) is 6.61 Å². The molecular formula is C16H23ClO3. The van der Waals surface area contributed by atoms with Crippen LogP contribution in [0.4, 0.5) is 0 Å². The fourth-order valence-corrected chi connectivity index (χ4v) is 3.02. The largest absolute Gasteiger partial charge is 0.489 e. The molecule has 2 N–H and O–H groups in total. The molecule has 3 nitrogen and oxygen atoms in total. The summed E-state index contributed by atoms with van der Waals surface area (Å²) in [5.74, 6) is 1.20. The van der Waals surface area contributed by atoms with Gasteiger partial charge < -0.3 is 14.9 Å². The van der Waals surface area contributed by atoms with E-state index in [2.05, 4.69) is 0 Å². The lowest BCUT2D eigenvalue weighted by Crippen LogP contribution is -2.20. The fraction of sp³-hybridized carbons (Fsp3) is 0.625. The number of halogens is 1. The highest BCUT2D eigenvalue weighted by Crippen LogP contribution is 2.30. The summed E-state index contributed by atoms with van der Waals surface area (Å²) in [6, 6.07) is 5.23. The van der Waals surface area contributed by atoms with E-state index in [1.54, 1.807) is 25.1 Å². The van der Waals surface area contributed by atoms with Gasteiger partial charge in [-0.25, -0.2) is 0 Å². The maximum absolute atomic E-state index is 10.00. The number of aliphatic hydroxyl groups excluding tert-OH is 2. The monoisotopic (exact) mass is 298 g/mol. The molecule has 1 aromatic rings. The Hall–Kier alpha value is -0.770. The summed E-state index contributed by atoms with van der Waals surface area (Å²) in [5, 5.41) is 19.9. The lowest BCUT2D eigenvalue weighted by Gasteiger charge is -2.17. The lowest BCUT2D eigenvalue weighted by atomic mass is 10.0. The van der Waals surface area contributed by atoms with Gasteiger partial charge in [0.15, 0.2) is 0 Å². The highest BCUT2D eigenvalue weighted by molar-refractivity contribution is 6.32. The predicted molar refractivity (Wildman–Crippen MR) is 80.2 cm³/mol. The molecule has 1 fully saturated rings. The summed E-state index contributed by atoms with van der Waals surface area (Å²) in [5.41, 5.74) is 0.758. The van der Waals surface area contributed by atoms with Gasteiger partial charge in [0.05, 0.1) is 17.2 Å². The van der Waals surface area contributed by atoms with Crippen molar-refractivity contribution in [3.8, 4) is 5.75 Å². The van der Waals surface area contributed by atoms with Crippen molar-refractivity contribution in [2.24, 2.45) is 5.92 Å². The van der Waals surface area contributed by atoms with Gasteiger partial charge in [-0.15, -0.1) is 0 Å². The lowest BCUT2D eigenvalue weighted by molar-refractivity contribution is 0.0855. The van der Waals surface area contributed by atoms with Gasteiger partial charge in [0.2, 0.25) is 0 Å². The first-order chi connectivity index (χ1) is 9.56. The van der Waals surface area contributed by atoms with Crippen molar-refractivity contribution in [3.05, 3.63) is 28.8 Å². The molecule has 2 rings (SSSR count). The second kappa shape index (κ2) is 7.30. The fourth-order valence-electron chi connectivity index (χ4n) is 2.78. The first-order valence-electron chi connectivity index (χ1n) is 7.34. The average Bonchev–Trinajstić information content (AvgIpc) is 2.90. The molecule has 0 aliphatic heterocycles. The van der Waals surface area contributed by atoms with Crippen molar-refractivity contribution in [3.63, 3.8) is 0 Å². The quantitative estimate of drug-likeness (QED) is 0.841. The highest BCUT2D eigenvalue weighted by atomic mass is 35.5. The van der Waals surface area contributed by atoms with Gasteiger partial charge in [-0.2, -0.15) is 0 Å². The Morgan fingerprint density at radius 1 is 1.30 bits per heavy atom. The second-order valence-corrected chi connectivity index (χ2v) is 6.12. The molecule has 20 heavy (non-hydrogen) atoms. The molecule has 2 atom stereocenters. The molecule has 0 amide bonds. The van der Waals surface area contributed by atoms with E-state index >= 15 is 0 Å². The van der Waals surface area contributed by atoms with Gasteiger partial charge in [-0.1, -0.05) is 43.4 Å². The van der Waals surface area contributed by atoms with Crippen LogP contribution in [0.25, 0.3) is 0 Å². The van der Waals surface area contributed by atoms with Gasteiger partial charge in [0.25, 0.3) is 0 Å². The van der Waals surface area contributed by atoms with E-state index in [4.69, 9.17) is 16.3 Å². The number of ether oxygens (including phenoxy) is 1. The van der Waals surface area contributed by atoms with E-state index in [1.807, 2.05) is 0 Å². The van der Waals surface area contributed by atoms with Crippen molar-refractivity contribution in [2.45, 2.75) is 51.2 Å². The van der Waals surface area contributed by atoms with Crippen LogP contribution >= 0.6 is 11.6 Å². The molecule has 1 aliphatic rings. The minimum Gasteiger partial charge on any atom is -0.489 e. The number of benzene rings is 1. The normalized spacial score (nSPS) is 19.0. The van der Waals surface area contributed by atoms with Crippen LogP contribution in [0.5, 0.6) is 5.75 Å². The Balaban J connectivity index is 1.83. The minimum absolute atomic E-state index is 0.268. The van der Waals surface area contributed by atoms with Crippen LogP contribution in [-0.2, 0) is 0 Å². The number of hydrogen-bond acceptors (Lipinski definition) is 3. The summed E-state index contributed by atoms with van der Waals surface area (Å²) >= 11 is 6.11. The molecule has 0 radical (unpaired) electrons. The summed E-state index contributed by atoms with van der Waals surface area (Å²) < 4.78 is 5.58. The smallest absolute Gasteiger partial charge is 0.138 e. The van der Waals surface area contributed by atoms with E-state index in [0.717, 1.165) is 12.0 Å². The third-order valence-corrected chi connectivity index (χ3v) is 4.25. The molecule has 0 heterocycles. The predicted octanol–water partition coefficient (Wildman–Crippen LogP) is 3.71. The zero-order valence-electron chi connectivity index (χ0n) is 11.9. The first kappa shape index (κ1) is 15.6. The van der Waals surface area contributed by atoms with E-state index in [1.165, 1.54) is 25.7 Å². The zero-order chi connectivity index (χ0) is 14.5. The average molecular weight is 299 g/mol. The van der Waals surface area contributed by atoms with Crippen LogP contribution in [0, 0.1) is 5.92 Å². The number of aliphatic hydroxyl groups is 2. The van der Waals surface area contributed by atoms with Crippen LogP contribution in [0.2, 0.25) is 5.02 Å². The number of rotatable bonds is 6. The van der Waals surface area contributed by atoms with Crippen LogP contribution in [0.3, 0.4) is 0 Å². The van der Waals surface area contributed by atoms with Crippen molar-refractivity contribution < 1.29 is 14.9 Å². The Morgan fingerprint density at radius 3 is 2.60 bits per heavy atom. The van der Waals surface area contributed by atoms with Gasteiger partial charge in [0.1, 0.15) is 12.4 Å². The topological polar surface area (TPSA) is 49.7 Å². The van der Waals surface area contributed by atoms with Crippen LogP contribution in [-0.4, -0.2) is 22.9 Å². The molecule has 0 saturated heterocycles. The molecule has 0 bridgehead atoms. The van der Waals surface area contributed by atoms with Crippen molar-refractivity contribution in [1.29, 1.82) is 0 Å². The van der Waals surface area contributed by atoms with Crippen LogP contribution in [0.1, 0.15) is 50.7 Å². The Labute approximate surface area is 125 Å². The maximum Gasteiger partial charge on any atom is 0.138 e. The summed E-state index contributed by atoms with van der Waals surface area (Å²) in [7, 11) is 0. The zero-order valence-corrected chi connectivity index (χ0v) is 12.6. The number of hydrogen-bond donors (Lipinski definition) is 2. The van der Waals surface area contributed by atoms with Crippen molar-refractivity contribution >= 4 is 11.6 Å². The Bertz CT molecular complexity index is 428. The van der Waals surface area contributed by atoms with Gasteiger partial charge in [-0.05, 0) is 37.0 Å². The molecule has 0 aromatic heterocycles. The summed E-state index contributed by atoms with van der Waals surface area (Å²) in [6.07, 6.45) is 4.83. The molecule has 1 aliphatic carbocycles. The second-order valence-electron chi connectivity index (χ2n) is 5.72. The molecule has 112 valence electrons. The third kappa shape index (κ3) is 4.37. The van der Waals surface area contributed by atoms with Crippen molar-refractivity contribution in [1.82, 2.24) is 0 Å². The maximum atomic E-state index is 10.00. The Morgan fingerprint density at radius 2 is 2.00 bits per heavy atom. The minimum atomic E-state index is -0.547. The highest BCUT2D eigenvalue weighted by Gasteiger charge is 2.19. The van der Waals surface area contributed by atoms with E-state index in [0.29, 0.717) is 16.7 Å². The molecule has 1 unspecified atom stereocenters. The third-order valence-electron chi connectivity index (χ3n) is 3.95. The van der Waals surface area contributed by atoms with Gasteiger partial charge in [0, 0.05) is 0 Å². The molecule has 1 aromatic carbocycles. The Kier molecular flexibility index (Phi) is 5.70. The van der Waals surface area contributed by atoms with E-state index < -0.39 is 12.2 Å². The van der Waals surface area contributed by atoms with Crippen molar-refractivity contribution in [2.75, 3.05) is 6.61 Å². The molecule has 0 spiro atoms. The van der Waals surface area contributed by atoms with Crippen LogP contribution in [0.15, 0.2) is 18.2 Å². The van der Waals surface area contributed by atoms with Gasteiger partial charge >= 0.3 is 0 Å². The molecule has 1 saturated carbocycles. The van der Waals surface area contributed by atoms with Crippen LogP contribution < -0.4 is 4.74 Å². The first-order valence-corrected chi connectivity index (χ1v) is 7.72. The summed E-state index contributed by atoms with van der Waals surface area (Å²) in [6.45, 7) is 1.96. The summed E-state index contributed by atoms with van der Waals surface area (Å²) in [4.78, 5) is 0. The molecule has 4 heteroatoms. The molecular weight excluding hydrogens is 276 g/mol.